The summed E-state index contributed by atoms with van der Waals surface area (Å²) in [6.07, 6.45) is -0.865. The van der Waals surface area contributed by atoms with Crippen LogP contribution in [0.1, 0.15) is 5.56 Å². The highest BCUT2D eigenvalue weighted by atomic mass is 16.7. The second-order valence-electron chi connectivity index (χ2n) is 3.87. The van der Waals surface area contributed by atoms with Crippen molar-refractivity contribution >= 4 is 17.4 Å². The van der Waals surface area contributed by atoms with Crippen LogP contribution in [-0.4, -0.2) is 29.4 Å². The first-order chi connectivity index (χ1) is 7.77. The van der Waals surface area contributed by atoms with Gasteiger partial charge in [-0.1, -0.05) is 23.4 Å². The van der Waals surface area contributed by atoms with Crippen LogP contribution in [0.3, 0.4) is 0 Å². The molecule has 0 radical (unpaired) electrons. The smallest absolute Gasteiger partial charge is 0.348 e. The van der Waals surface area contributed by atoms with Crippen LogP contribution >= 0.6 is 0 Å². The molecule has 1 aromatic carbocycles. The number of nitrogens with zero attached hydrogens (tertiary/aromatic N) is 1. The van der Waals surface area contributed by atoms with Crippen molar-refractivity contribution in [3.8, 4) is 0 Å². The number of carbonyl (C=O) groups is 1. The minimum absolute atomic E-state index is 0.201. The van der Waals surface area contributed by atoms with Crippen LogP contribution in [0.4, 0.5) is 5.69 Å². The lowest BCUT2D eigenvalue weighted by Crippen LogP contribution is -2.38. The number of nitrogens with one attached hydrogen (secondary N) is 1. The number of anilines is 1. The van der Waals surface area contributed by atoms with E-state index in [0.717, 1.165) is 17.0 Å². The summed E-state index contributed by atoms with van der Waals surface area (Å²) in [6.45, 7) is 0.548. The second kappa shape index (κ2) is 3.23. The molecule has 16 heavy (non-hydrogen) atoms. The number of carboxylic acid groups (broad SMARTS) is 1. The second-order valence-corrected chi connectivity index (χ2v) is 3.87. The number of rotatable bonds is 1. The molecule has 0 amide bonds. The van der Waals surface area contributed by atoms with Crippen LogP contribution in [0.25, 0.3) is 0 Å². The Morgan fingerprint density at radius 1 is 1.50 bits per heavy atom. The topological polar surface area (TPSA) is 70.9 Å². The number of fused-ring (bicyclic) bond motifs is 3. The van der Waals surface area contributed by atoms with Crippen LogP contribution in [0, 0.1) is 5.92 Å². The van der Waals surface area contributed by atoms with Crippen molar-refractivity contribution in [2.75, 3.05) is 11.9 Å². The van der Waals surface area contributed by atoms with E-state index in [1.54, 1.807) is 0 Å². The Morgan fingerprint density at radius 2 is 2.31 bits per heavy atom. The van der Waals surface area contributed by atoms with Crippen LogP contribution in [0.5, 0.6) is 0 Å². The summed E-state index contributed by atoms with van der Waals surface area (Å²) >= 11 is 0. The van der Waals surface area contributed by atoms with Crippen molar-refractivity contribution in [1.29, 1.82) is 0 Å². The van der Waals surface area contributed by atoms with Gasteiger partial charge in [-0.05, 0) is 6.07 Å². The number of benzene rings is 1. The van der Waals surface area contributed by atoms with Crippen molar-refractivity contribution in [3.05, 3.63) is 29.8 Å². The first kappa shape index (κ1) is 9.21. The highest BCUT2D eigenvalue weighted by molar-refractivity contribution is 6.10. The lowest BCUT2D eigenvalue weighted by atomic mass is 9.88. The molecule has 2 aliphatic heterocycles. The van der Waals surface area contributed by atoms with E-state index in [0.29, 0.717) is 6.54 Å². The summed E-state index contributed by atoms with van der Waals surface area (Å²) in [4.78, 5) is 15.9. The highest BCUT2D eigenvalue weighted by Crippen LogP contribution is 2.31. The molecule has 2 unspecified atom stereocenters. The minimum Gasteiger partial charge on any atom is -0.478 e. The van der Waals surface area contributed by atoms with Crippen molar-refractivity contribution in [3.63, 3.8) is 0 Å². The average Bonchev–Trinajstić information content (AvgIpc) is 2.73. The Bertz CT molecular complexity index is 484. The molecule has 5 heteroatoms. The van der Waals surface area contributed by atoms with E-state index >= 15 is 0 Å². The maximum Gasteiger partial charge on any atom is 0.348 e. The molecule has 0 fully saturated rings. The Labute approximate surface area is 91.7 Å². The third-order valence-corrected chi connectivity index (χ3v) is 2.94. The van der Waals surface area contributed by atoms with Gasteiger partial charge in [0.25, 0.3) is 0 Å². The fraction of sp³-hybridized carbons (Fsp3) is 0.273. The standard InChI is InChI=1S/C11H10N2O3/c14-11(15)10-7-5-12-8-4-2-1-3-6(8)9(7)13-16-10/h1-4,7,10,12H,5H2,(H,14,15). The molecule has 0 bridgehead atoms. The maximum absolute atomic E-state index is 10.9. The van der Waals surface area contributed by atoms with Gasteiger partial charge in [0.1, 0.15) is 0 Å². The van der Waals surface area contributed by atoms with E-state index in [2.05, 4.69) is 10.5 Å². The number of para-hydroxylation sites is 1. The van der Waals surface area contributed by atoms with Gasteiger partial charge in [-0.15, -0.1) is 0 Å². The molecule has 0 saturated carbocycles. The van der Waals surface area contributed by atoms with Gasteiger partial charge in [-0.2, -0.15) is 0 Å². The monoisotopic (exact) mass is 218 g/mol. The van der Waals surface area contributed by atoms with Gasteiger partial charge in [0.2, 0.25) is 6.10 Å². The van der Waals surface area contributed by atoms with E-state index < -0.39 is 12.1 Å². The predicted octanol–water partition coefficient (Wildman–Crippen LogP) is 0.916. The van der Waals surface area contributed by atoms with Crippen molar-refractivity contribution < 1.29 is 14.7 Å². The molecule has 3 rings (SSSR count). The minimum atomic E-state index is -0.968. The predicted molar refractivity (Wildman–Crippen MR) is 57.5 cm³/mol. The summed E-state index contributed by atoms with van der Waals surface area (Å²) in [6, 6.07) is 7.69. The van der Waals surface area contributed by atoms with Crippen molar-refractivity contribution in [1.82, 2.24) is 0 Å². The average molecular weight is 218 g/mol. The number of hydrogen-bond acceptors (Lipinski definition) is 4. The highest BCUT2D eigenvalue weighted by Gasteiger charge is 2.42. The number of carboxylic acids is 1. The molecule has 1 aromatic rings. The molecule has 2 N–H and O–H groups in total. The van der Waals surface area contributed by atoms with E-state index in [9.17, 15) is 4.79 Å². The zero-order valence-corrected chi connectivity index (χ0v) is 8.38. The largest absolute Gasteiger partial charge is 0.478 e. The van der Waals surface area contributed by atoms with Gasteiger partial charge in [0.15, 0.2) is 0 Å². The first-order valence-electron chi connectivity index (χ1n) is 5.07. The third-order valence-electron chi connectivity index (χ3n) is 2.94. The molecular formula is C11H10N2O3. The summed E-state index contributed by atoms with van der Waals surface area (Å²) < 4.78 is 0. The molecule has 2 heterocycles. The van der Waals surface area contributed by atoms with Gasteiger partial charge in [0.05, 0.1) is 11.6 Å². The van der Waals surface area contributed by atoms with Crippen LogP contribution in [-0.2, 0) is 9.63 Å². The molecule has 2 aliphatic rings. The van der Waals surface area contributed by atoms with Crippen LogP contribution < -0.4 is 5.32 Å². The zero-order chi connectivity index (χ0) is 11.1. The Balaban J connectivity index is 2.02. The lowest BCUT2D eigenvalue weighted by molar-refractivity contribution is -0.150. The van der Waals surface area contributed by atoms with E-state index in [-0.39, 0.29) is 5.92 Å². The Hall–Kier alpha value is -2.04. The summed E-state index contributed by atoms with van der Waals surface area (Å²) in [5, 5.41) is 16.1. The van der Waals surface area contributed by atoms with Crippen molar-refractivity contribution in [2.24, 2.45) is 11.1 Å². The summed E-state index contributed by atoms with van der Waals surface area (Å²) in [7, 11) is 0. The van der Waals surface area contributed by atoms with E-state index in [1.807, 2.05) is 24.3 Å². The van der Waals surface area contributed by atoms with Crippen LogP contribution in [0.15, 0.2) is 29.4 Å². The molecule has 0 aliphatic carbocycles. The van der Waals surface area contributed by atoms with Gasteiger partial charge < -0.3 is 15.3 Å². The first-order valence-corrected chi connectivity index (χ1v) is 5.07. The molecule has 0 spiro atoms. The number of oxime groups is 1. The SMILES string of the molecule is O=C(O)C1ON=C2c3ccccc3NCC21. The zero-order valence-electron chi connectivity index (χ0n) is 8.38. The Morgan fingerprint density at radius 3 is 3.12 bits per heavy atom. The third kappa shape index (κ3) is 1.18. The van der Waals surface area contributed by atoms with Gasteiger partial charge >= 0.3 is 5.97 Å². The van der Waals surface area contributed by atoms with Crippen molar-refractivity contribution in [2.45, 2.75) is 6.10 Å². The molecule has 0 aromatic heterocycles. The van der Waals surface area contributed by atoms with Gasteiger partial charge in [0, 0.05) is 17.8 Å². The van der Waals surface area contributed by atoms with Gasteiger partial charge in [-0.3, -0.25) is 0 Å². The lowest BCUT2D eigenvalue weighted by Gasteiger charge is -2.24. The molecule has 82 valence electrons. The van der Waals surface area contributed by atoms with Crippen LogP contribution in [0.2, 0.25) is 0 Å². The Kier molecular flexibility index (Phi) is 1.86. The summed E-state index contributed by atoms with van der Waals surface area (Å²) in [5.74, 6) is -1.17. The number of aliphatic carboxylic acids is 1. The molecule has 0 saturated heterocycles. The summed E-state index contributed by atoms with van der Waals surface area (Å²) in [5.41, 5.74) is 2.65. The number of hydrogen-bond donors (Lipinski definition) is 2. The molecular weight excluding hydrogens is 208 g/mol. The van der Waals surface area contributed by atoms with E-state index in [1.165, 1.54) is 0 Å². The fourth-order valence-electron chi connectivity index (χ4n) is 2.15. The maximum atomic E-state index is 10.9. The van der Waals surface area contributed by atoms with E-state index in [4.69, 9.17) is 9.94 Å². The van der Waals surface area contributed by atoms with Gasteiger partial charge in [-0.25, -0.2) is 4.79 Å². The normalized spacial score (nSPS) is 25.9. The molecule has 2 atom stereocenters. The quantitative estimate of drug-likeness (QED) is 0.735. The molecule has 5 nitrogen and oxygen atoms in total. The fourth-order valence-corrected chi connectivity index (χ4v) is 2.15.